The Labute approximate surface area is 211 Å². The summed E-state index contributed by atoms with van der Waals surface area (Å²) in [4.78, 5) is 35.5. The summed E-state index contributed by atoms with van der Waals surface area (Å²) in [5.41, 5.74) is 3.84. The van der Waals surface area contributed by atoms with Gasteiger partial charge in [-0.15, -0.1) is 0 Å². The fraction of sp³-hybridized carbons (Fsp3) is 0.423. The molecule has 3 aromatic rings. The molecule has 2 amide bonds. The second kappa shape index (κ2) is 10.4. The van der Waals surface area contributed by atoms with Crippen LogP contribution in [0.3, 0.4) is 0 Å². The SMILES string of the molecule is CCNC(=O)Nc1ccc(-c2nc3c(c(N4CCOCC4)n2)CCN(c2ccnc(C)n2)C3C)cc1. The van der Waals surface area contributed by atoms with Gasteiger partial charge in [-0.1, -0.05) is 0 Å². The van der Waals surface area contributed by atoms with Gasteiger partial charge in [0, 0.05) is 49.2 Å². The Hall–Kier alpha value is -3.79. The van der Waals surface area contributed by atoms with Crippen LogP contribution in [0.5, 0.6) is 0 Å². The molecule has 2 aliphatic heterocycles. The average Bonchev–Trinajstić information content (AvgIpc) is 2.89. The third kappa shape index (κ3) is 4.94. The van der Waals surface area contributed by atoms with E-state index in [9.17, 15) is 4.79 Å². The summed E-state index contributed by atoms with van der Waals surface area (Å²) >= 11 is 0. The van der Waals surface area contributed by atoms with Crippen molar-refractivity contribution >= 4 is 23.4 Å². The number of carbonyl (C=O) groups is 1. The van der Waals surface area contributed by atoms with Gasteiger partial charge < -0.3 is 25.2 Å². The van der Waals surface area contributed by atoms with Crippen LogP contribution in [0.25, 0.3) is 11.4 Å². The quantitative estimate of drug-likeness (QED) is 0.563. The molecule has 2 aromatic heterocycles. The second-order valence-electron chi connectivity index (χ2n) is 8.98. The molecule has 0 radical (unpaired) electrons. The molecule has 10 heteroatoms. The van der Waals surface area contributed by atoms with E-state index in [0.717, 1.165) is 60.5 Å². The van der Waals surface area contributed by atoms with Crippen molar-refractivity contribution in [1.29, 1.82) is 0 Å². The number of hydrogen-bond donors (Lipinski definition) is 2. The Morgan fingerprint density at radius 3 is 2.58 bits per heavy atom. The third-order valence-corrected chi connectivity index (χ3v) is 6.59. The smallest absolute Gasteiger partial charge is 0.319 e. The first-order valence-corrected chi connectivity index (χ1v) is 12.5. The minimum absolute atomic E-state index is 0.0308. The standard InChI is InChI=1S/C26H32N8O2/c1-4-27-26(35)30-20-7-5-19(6-8-20)24-31-23-17(2)34(22-9-11-28-18(3)29-22)12-10-21(23)25(32-24)33-13-15-36-16-14-33/h5-9,11,17H,4,10,12-16H2,1-3H3,(H2,27,30,35). The van der Waals surface area contributed by atoms with E-state index in [1.54, 1.807) is 6.20 Å². The molecule has 0 aliphatic carbocycles. The number of fused-ring (bicyclic) bond motifs is 1. The number of carbonyl (C=O) groups excluding carboxylic acids is 1. The maximum Gasteiger partial charge on any atom is 0.319 e. The molecule has 1 aromatic carbocycles. The first-order valence-electron chi connectivity index (χ1n) is 12.5. The maximum absolute atomic E-state index is 11.9. The van der Waals surface area contributed by atoms with Crippen molar-refractivity contribution in [3.05, 3.63) is 53.6 Å². The van der Waals surface area contributed by atoms with E-state index in [2.05, 4.69) is 37.3 Å². The molecule has 0 saturated carbocycles. The molecule has 1 atom stereocenters. The molecule has 2 aliphatic rings. The van der Waals surface area contributed by atoms with Gasteiger partial charge >= 0.3 is 6.03 Å². The predicted molar refractivity (Wildman–Crippen MR) is 139 cm³/mol. The van der Waals surface area contributed by atoms with Gasteiger partial charge in [0.05, 0.1) is 24.9 Å². The van der Waals surface area contributed by atoms with Crippen LogP contribution < -0.4 is 20.4 Å². The molecule has 10 nitrogen and oxygen atoms in total. The average molecular weight is 489 g/mol. The Morgan fingerprint density at radius 1 is 1.08 bits per heavy atom. The summed E-state index contributed by atoms with van der Waals surface area (Å²) in [5, 5.41) is 5.58. The normalized spacial score (nSPS) is 17.5. The maximum atomic E-state index is 11.9. The fourth-order valence-electron chi connectivity index (χ4n) is 4.77. The number of amides is 2. The molecule has 0 spiro atoms. The number of aryl methyl sites for hydroxylation is 1. The van der Waals surface area contributed by atoms with Crippen molar-refractivity contribution < 1.29 is 9.53 Å². The van der Waals surface area contributed by atoms with Gasteiger partial charge in [0.15, 0.2) is 5.82 Å². The highest BCUT2D eigenvalue weighted by molar-refractivity contribution is 5.89. The van der Waals surface area contributed by atoms with Crippen molar-refractivity contribution in [2.24, 2.45) is 0 Å². The topological polar surface area (TPSA) is 108 Å². The van der Waals surface area contributed by atoms with E-state index in [1.165, 1.54) is 5.56 Å². The number of morpholine rings is 1. The van der Waals surface area contributed by atoms with Gasteiger partial charge in [-0.05, 0) is 57.5 Å². The van der Waals surface area contributed by atoms with Gasteiger partial charge in [-0.3, -0.25) is 0 Å². The Bertz CT molecular complexity index is 1230. The molecule has 5 rings (SSSR count). The van der Waals surface area contributed by atoms with Crippen molar-refractivity contribution in [3.63, 3.8) is 0 Å². The molecule has 1 fully saturated rings. The fourth-order valence-corrected chi connectivity index (χ4v) is 4.77. The van der Waals surface area contributed by atoms with E-state index in [-0.39, 0.29) is 12.1 Å². The molecule has 36 heavy (non-hydrogen) atoms. The number of nitrogens with zero attached hydrogens (tertiary/aromatic N) is 6. The highest BCUT2D eigenvalue weighted by Crippen LogP contribution is 2.37. The van der Waals surface area contributed by atoms with Crippen molar-refractivity contribution in [3.8, 4) is 11.4 Å². The van der Waals surface area contributed by atoms with Gasteiger partial charge in [0.2, 0.25) is 0 Å². The summed E-state index contributed by atoms with van der Waals surface area (Å²) in [6.45, 7) is 10.4. The zero-order valence-electron chi connectivity index (χ0n) is 21.0. The van der Waals surface area contributed by atoms with Crippen molar-refractivity contribution in [1.82, 2.24) is 25.3 Å². The number of nitrogens with one attached hydrogen (secondary N) is 2. The molecule has 4 heterocycles. The van der Waals surface area contributed by atoms with Crippen LogP contribution in [-0.4, -0.2) is 65.4 Å². The molecular formula is C26H32N8O2. The monoisotopic (exact) mass is 488 g/mol. The summed E-state index contributed by atoms with van der Waals surface area (Å²) in [7, 11) is 0. The number of benzene rings is 1. The lowest BCUT2D eigenvalue weighted by atomic mass is 9.98. The van der Waals surface area contributed by atoms with Crippen LogP contribution in [0.4, 0.5) is 22.1 Å². The number of ether oxygens (including phenoxy) is 1. The van der Waals surface area contributed by atoms with Gasteiger partial charge in [0.1, 0.15) is 17.5 Å². The van der Waals surface area contributed by atoms with E-state index < -0.39 is 0 Å². The zero-order chi connectivity index (χ0) is 25.1. The van der Waals surface area contributed by atoms with E-state index in [1.807, 2.05) is 44.2 Å². The molecule has 1 unspecified atom stereocenters. The van der Waals surface area contributed by atoms with Crippen LogP contribution in [-0.2, 0) is 11.2 Å². The lowest BCUT2D eigenvalue weighted by Gasteiger charge is -2.38. The van der Waals surface area contributed by atoms with Crippen LogP contribution in [0.2, 0.25) is 0 Å². The minimum Gasteiger partial charge on any atom is -0.378 e. The minimum atomic E-state index is -0.223. The van der Waals surface area contributed by atoms with Crippen LogP contribution in [0.15, 0.2) is 36.5 Å². The highest BCUT2D eigenvalue weighted by atomic mass is 16.5. The number of aromatic nitrogens is 4. The summed E-state index contributed by atoms with van der Waals surface area (Å²) in [5.74, 6) is 3.33. The molecular weight excluding hydrogens is 456 g/mol. The van der Waals surface area contributed by atoms with E-state index in [4.69, 9.17) is 14.7 Å². The summed E-state index contributed by atoms with van der Waals surface area (Å²) < 4.78 is 5.60. The van der Waals surface area contributed by atoms with Crippen molar-refractivity contribution in [2.45, 2.75) is 33.2 Å². The zero-order valence-corrected chi connectivity index (χ0v) is 21.0. The van der Waals surface area contributed by atoms with Gasteiger partial charge in [-0.25, -0.2) is 24.7 Å². The Morgan fingerprint density at radius 2 is 1.86 bits per heavy atom. The van der Waals surface area contributed by atoms with E-state index >= 15 is 0 Å². The van der Waals surface area contributed by atoms with Gasteiger partial charge in [0.25, 0.3) is 0 Å². The number of anilines is 3. The number of urea groups is 1. The molecule has 1 saturated heterocycles. The van der Waals surface area contributed by atoms with Crippen LogP contribution >= 0.6 is 0 Å². The van der Waals surface area contributed by atoms with Crippen LogP contribution in [0, 0.1) is 6.92 Å². The Balaban J connectivity index is 1.52. The molecule has 0 bridgehead atoms. The van der Waals surface area contributed by atoms with E-state index in [0.29, 0.717) is 25.6 Å². The largest absolute Gasteiger partial charge is 0.378 e. The van der Waals surface area contributed by atoms with Gasteiger partial charge in [-0.2, -0.15) is 0 Å². The van der Waals surface area contributed by atoms with Crippen molar-refractivity contribution in [2.75, 3.05) is 54.5 Å². The third-order valence-electron chi connectivity index (χ3n) is 6.59. The molecule has 2 N–H and O–H groups in total. The Kier molecular flexibility index (Phi) is 6.95. The predicted octanol–water partition coefficient (Wildman–Crippen LogP) is 3.34. The second-order valence-corrected chi connectivity index (χ2v) is 8.98. The number of rotatable bonds is 5. The summed E-state index contributed by atoms with van der Waals surface area (Å²) in [6, 6.07) is 9.42. The first kappa shape index (κ1) is 23.9. The number of hydrogen-bond acceptors (Lipinski definition) is 8. The highest BCUT2D eigenvalue weighted by Gasteiger charge is 2.31. The molecule has 188 valence electrons. The lowest BCUT2D eigenvalue weighted by Crippen LogP contribution is -2.40. The van der Waals surface area contributed by atoms with Crippen LogP contribution in [0.1, 0.15) is 37.0 Å². The lowest BCUT2D eigenvalue weighted by molar-refractivity contribution is 0.122. The first-order chi connectivity index (χ1) is 17.5. The summed E-state index contributed by atoms with van der Waals surface area (Å²) in [6.07, 6.45) is 2.64.